The molecule has 0 unspecified atom stereocenters. The normalized spacial score (nSPS) is 10.6. The van der Waals surface area contributed by atoms with Gasteiger partial charge < -0.3 is 10.3 Å². The van der Waals surface area contributed by atoms with Crippen LogP contribution in [-0.2, 0) is 4.74 Å². The zero-order chi connectivity index (χ0) is 19.2. The van der Waals surface area contributed by atoms with Crippen molar-refractivity contribution >= 4 is 23.8 Å². The summed E-state index contributed by atoms with van der Waals surface area (Å²) < 4.78 is 6.10. The van der Waals surface area contributed by atoms with E-state index in [-0.39, 0.29) is 17.5 Å². The molecule has 0 aliphatic rings. The van der Waals surface area contributed by atoms with Gasteiger partial charge in [-0.1, -0.05) is 35.9 Å². The summed E-state index contributed by atoms with van der Waals surface area (Å²) in [6.07, 6.45) is 1.35. The molecule has 3 rings (SSSR count). The molecule has 0 spiro atoms. The second-order valence-corrected chi connectivity index (χ2v) is 5.58. The van der Waals surface area contributed by atoms with Crippen molar-refractivity contribution < 1.29 is 14.3 Å². The summed E-state index contributed by atoms with van der Waals surface area (Å²) in [4.78, 5) is 23.4. The van der Waals surface area contributed by atoms with Gasteiger partial charge in [-0.3, -0.25) is 0 Å². The first-order valence-corrected chi connectivity index (χ1v) is 8.06. The van der Waals surface area contributed by atoms with E-state index in [1.54, 1.807) is 12.1 Å². The van der Waals surface area contributed by atoms with Crippen molar-refractivity contribution in [3.05, 3.63) is 77.1 Å². The van der Waals surface area contributed by atoms with Crippen molar-refractivity contribution in [3.63, 3.8) is 0 Å². The third kappa shape index (κ3) is 4.02. The minimum absolute atomic E-state index is 0.118. The number of hydrogen-bond acceptors (Lipinski definition) is 5. The Morgan fingerprint density at radius 1 is 1.19 bits per heavy atom. The number of ether oxygens (including phenoxy) is 1. The zero-order valence-corrected chi connectivity index (χ0v) is 14.8. The molecule has 1 heterocycles. The Morgan fingerprint density at radius 3 is 2.52 bits per heavy atom. The van der Waals surface area contributed by atoms with Gasteiger partial charge >= 0.3 is 11.7 Å². The standard InChI is InChI=1S/C19H16N6O2/c1-13-8-10-15(11-9-13)25-19(22-17(24-25)18(26)27-2)21-12-16(23-20)14-6-4-3-5-7-14/h3-12H,1-2H3/b21-12+. The van der Waals surface area contributed by atoms with Crippen molar-refractivity contribution in [3.8, 4) is 5.69 Å². The maximum Gasteiger partial charge on any atom is 0.378 e. The van der Waals surface area contributed by atoms with Gasteiger partial charge in [-0.25, -0.2) is 9.79 Å². The summed E-state index contributed by atoms with van der Waals surface area (Å²) in [7, 11) is 1.25. The van der Waals surface area contributed by atoms with Crippen LogP contribution in [0.2, 0.25) is 0 Å². The van der Waals surface area contributed by atoms with Gasteiger partial charge in [0.15, 0.2) is 0 Å². The molecule has 8 heteroatoms. The number of aryl methyl sites for hydroxylation is 1. The fourth-order valence-corrected chi connectivity index (χ4v) is 2.31. The Hall–Kier alpha value is -3.90. The first-order valence-electron chi connectivity index (χ1n) is 8.06. The highest BCUT2D eigenvalue weighted by atomic mass is 16.5. The third-order valence-corrected chi connectivity index (χ3v) is 3.72. The lowest BCUT2D eigenvalue weighted by molar-refractivity contribution is -0.0000751. The molecule has 0 radical (unpaired) electrons. The summed E-state index contributed by atoms with van der Waals surface area (Å²) >= 11 is 0. The highest BCUT2D eigenvalue weighted by molar-refractivity contribution is 6.35. The smallest absolute Gasteiger partial charge is 0.378 e. The molecule has 27 heavy (non-hydrogen) atoms. The topological polar surface area (TPSA) is 106 Å². The van der Waals surface area contributed by atoms with E-state index in [1.807, 2.05) is 49.4 Å². The molecule has 0 bridgehead atoms. The van der Waals surface area contributed by atoms with Gasteiger partial charge in [0.05, 0.1) is 18.4 Å². The Labute approximate surface area is 155 Å². The van der Waals surface area contributed by atoms with Crippen LogP contribution < -0.4 is 0 Å². The number of aromatic nitrogens is 3. The third-order valence-electron chi connectivity index (χ3n) is 3.72. The van der Waals surface area contributed by atoms with Crippen molar-refractivity contribution in [2.75, 3.05) is 7.11 Å². The van der Waals surface area contributed by atoms with E-state index in [2.05, 4.69) is 24.6 Å². The average molecular weight is 360 g/mol. The fourth-order valence-electron chi connectivity index (χ4n) is 2.31. The Kier molecular flexibility index (Phi) is 5.30. The van der Waals surface area contributed by atoms with Gasteiger partial charge in [0.25, 0.3) is 11.8 Å². The summed E-state index contributed by atoms with van der Waals surface area (Å²) in [5, 5.41) is 4.17. The monoisotopic (exact) mass is 360 g/mol. The highest BCUT2D eigenvalue weighted by Crippen LogP contribution is 2.17. The number of hydrogen-bond donors (Lipinski definition) is 0. The Bertz CT molecular complexity index is 1030. The number of carbonyl (C=O) groups is 1. The molecule has 1 aromatic heterocycles. The van der Waals surface area contributed by atoms with Gasteiger partial charge in [-0.2, -0.15) is 14.5 Å². The van der Waals surface area contributed by atoms with Crippen molar-refractivity contribution in [1.29, 1.82) is 0 Å². The zero-order valence-electron chi connectivity index (χ0n) is 14.8. The Balaban J connectivity index is 2.03. The van der Waals surface area contributed by atoms with E-state index in [9.17, 15) is 10.3 Å². The molecule has 134 valence electrons. The highest BCUT2D eigenvalue weighted by Gasteiger charge is 2.18. The van der Waals surface area contributed by atoms with Crippen LogP contribution in [0.15, 0.2) is 59.6 Å². The predicted octanol–water partition coefficient (Wildman–Crippen LogP) is 2.78. The summed E-state index contributed by atoms with van der Waals surface area (Å²) in [6.45, 7) is 1.97. The number of benzene rings is 2. The Morgan fingerprint density at radius 2 is 1.89 bits per heavy atom. The molecule has 8 nitrogen and oxygen atoms in total. The molecule has 0 saturated heterocycles. The van der Waals surface area contributed by atoms with Crippen molar-refractivity contribution in [2.45, 2.75) is 6.92 Å². The summed E-state index contributed by atoms with van der Waals surface area (Å²) in [6, 6.07) is 16.5. The molecular formula is C19H16N6O2. The fraction of sp³-hybridized carbons (Fsp3) is 0.105. The second kappa shape index (κ2) is 7.99. The molecular weight excluding hydrogens is 344 g/mol. The van der Waals surface area contributed by atoms with Crippen LogP contribution in [0.3, 0.4) is 0 Å². The van der Waals surface area contributed by atoms with E-state index >= 15 is 0 Å². The van der Waals surface area contributed by atoms with Crippen LogP contribution in [-0.4, -0.2) is 44.6 Å². The maximum atomic E-state index is 11.8. The molecule has 3 aromatic rings. The van der Waals surface area contributed by atoms with Crippen LogP contribution in [0.25, 0.3) is 11.2 Å². The van der Waals surface area contributed by atoms with Gasteiger partial charge in [0.1, 0.15) is 6.21 Å². The lowest BCUT2D eigenvalue weighted by Crippen LogP contribution is -2.05. The first-order chi connectivity index (χ1) is 13.1. The number of rotatable bonds is 5. The molecule has 2 aromatic carbocycles. The maximum absolute atomic E-state index is 11.8. The molecule has 0 aliphatic heterocycles. The minimum Gasteiger partial charge on any atom is -0.463 e. The lowest BCUT2D eigenvalue weighted by Gasteiger charge is -2.02. The number of esters is 1. The number of aliphatic imine (C=N–C) groups is 1. The summed E-state index contributed by atoms with van der Waals surface area (Å²) in [5.41, 5.74) is 12.0. The molecule has 0 atom stereocenters. The van der Waals surface area contributed by atoms with E-state index < -0.39 is 5.97 Å². The van der Waals surface area contributed by atoms with Crippen LogP contribution >= 0.6 is 0 Å². The van der Waals surface area contributed by atoms with Crippen LogP contribution in [0.4, 0.5) is 5.95 Å². The molecule has 0 N–H and O–H groups in total. The van der Waals surface area contributed by atoms with Gasteiger partial charge in [0.2, 0.25) is 0 Å². The van der Waals surface area contributed by atoms with Crippen LogP contribution in [0.5, 0.6) is 0 Å². The van der Waals surface area contributed by atoms with E-state index in [0.29, 0.717) is 11.3 Å². The van der Waals surface area contributed by atoms with Gasteiger partial charge in [-0.15, -0.1) is 5.10 Å². The van der Waals surface area contributed by atoms with Gasteiger partial charge in [-0.05, 0) is 31.2 Å². The average Bonchev–Trinajstić information content (AvgIpc) is 3.13. The van der Waals surface area contributed by atoms with E-state index in [1.165, 1.54) is 18.0 Å². The molecule has 0 aliphatic carbocycles. The van der Waals surface area contributed by atoms with E-state index in [0.717, 1.165) is 5.56 Å². The van der Waals surface area contributed by atoms with Crippen molar-refractivity contribution in [1.82, 2.24) is 14.8 Å². The minimum atomic E-state index is -0.670. The second-order valence-electron chi connectivity index (χ2n) is 5.58. The number of methoxy groups -OCH3 is 1. The van der Waals surface area contributed by atoms with Crippen LogP contribution in [0, 0.1) is 6.92 Å². The van der Waals surface area contributed by atoms with Crippen molar-refractivity contribution in [2.24, 2.45) is 4.99 Å². The number of nitrogens with zero attached hydrogens (tertiary/aromatic N) is 6. The van der Waals surface area contributed by atoms with Crippen LogP contribution in [0.1, 0.15) is 21.7 Å². The van der Waals surface area contributed by atoms with E-state index in [4.69, 9.17) is 0 Å². The molecule has 0 saturated carbocycles. The SMILES string of the molecule is COC(=O)c1nc(/N=C/C(=[N+]=[N-])c2ccccc2)n(-c2ccc(C)cc2)n1. The summed E-state index contributed by atoms with van der Waals surface area (Å²) in [5.74, 6) is -0.639. The largest absolute Gasteiger partial charge is 0.463 e. The molecule has 0 amide bonds. The first kappa shape index (κ1) is 17.9. The predicted molar refractivity (Wildman–Crippen MR) is 99.8 cm³/mol. The lowest BCUT2D eigenvalue weighted by atomic mass is 10.1. The molecule has 0 fully saturated rings. The quantitative estimate of drug-likeness (QED) is 0.302. The van der Waals surface area contributed by atoms with Gasteiger partial charge in [0, 0.05) is 0 Å². The number of carbonyl (C=O) groups excluding carboxylic acids is 1.